The molecule has 2 rings (SSSR count). The molecule has 0 aromatic heterocycles. The first-order valence-electron chi connectivity index (χ1n) is 6.15. The minimum Gasteiger partial charge on any atom is -0.466 e. The van der Waals surface area contributed by atoms with E-state index in [1.165, 1.54) is 6.07 Å². The molecule has 0 heterocycles. The molecule has 4 nitrogen and oxygen atoms in total. The number of carbonyl (C=O) groups is 1. The van der Waals surface area contributed by atoms with Gasteiger partial charge in [0.25, 0.3) is 9.05 Å². The lowest BCUT2D eigenvalue weighted by molar-refractivity contribution is -0.148. The van der Waals surface area contributed by atoms with E-state index in [0.717, 1.165) is 11.1 Å². The average Bonchev–Trinajstić information content (AvgIpc) is 2.36. The number of hydrogen-bond acceptors (Lipinski definition) is 4. The highest BCUT2D eigenvalue weighted by Gasteiger charge is 2.26. The SMILES string of the molecule is CCOC(=O)C1CCc2cc(S(=O)(=O)Cl)ccc2C1. The van der Waals surface area contributed by atoms with Crippen LogP contribution in [0.3, 0.4) is 0 Å². The van der Waals surface area contributed by atoms with Crippen molar-refractivity contribution in [2.45, 2.75) is 31.1 Å². The summed E-state index contributed by atoms with van der Waals surface area (Å²) in [6, 6.07) is 4.81. The van der Waals surface area contributed by atoms with Crippen LogP contribution in [0.25, 0.3) is 0 Å². The Balaban J connectivity index is 2.22. The summed E-state index contributed by atoms with van der Waals surface area (Å²) < 4.78 is 27.6. The predicted octanol–water partition coefficient (Wildman–Crippen LogP) is 2.28. The first-order chi connectivity index (χ1) is 8.91. The van der Waals surface area contributed by atoms with E-state index in [2.05, 4.69) is 0 Å². The predicted molar refractivity (Wildman–Crippen MR) is 71.6 cm³/mol. The van der Waals surface area contributed by atoms with Gasteiger partial charge in [-0.15, -0.1) is 0 Å². The van der Waals surface area contributed by atoms with Gasteiger partial charge in [0.2, 0.25) is 0 Å². The Labute approximate surface area is 117 Å². The summed E-state index contributed by atoms with van der Waals surface area (Å²) >= 11 is 0. The van der Waals surface area contributed by atoms with E-state index in [1.807, 2.05) is 0 Å². The number of esters is 1. The molecule has 1 aliphatic rings. The van der Waals surface area contributed by atoms with Crippen LogP contribution in [0.2, 0.25) is 0 Å². The van der Waals surface area contributed by atoms with Crippen molar-refractivity contribution < 1.29 is 17.9 Å². The van der Waals surface area contributed by atoms with Crippen molar-refractivity contribution in [2.75, 3.05) is 6.61 Å². The van der Waals surface area contributed by atoms with Crippen molar-refractivity contribution in [1.29, 1.82) is 0 Å². The number of benzene rings is 1. The van der Waals surface area contributed by atoms with Crippen LogP contribution < -0.4 is 0 Å². The second kappa shape index (κ2) is 5.51. The van der Waals surface area contributed by atoms with Crippen LogP contribution in [-0.2, 0) is 31.4 Å². The molecule has 1 aromatic rings. The third kappa shape index (κ3) is 3.28. The van der Waals surface area contributed by atoms with Gasteiger partial charge in [0.1, 0.15) is 0 Å². The molecule has 0 spiro atoms. The molecule has 0 fully saturated rings. The number of ether oxygens (including phenoxy) is 1. The Morgan fingerprint density at radius 1 is 1.42 bits per heavy atom. The quantitative estimate of drug-likeness (QED) is 0.635. The highest BCUT2D eigenvalue weighted by molar-refractivity contribution is 8.13. The van der Waals surface area contributed by atoms with Crippen molar-refractivity contribution >= 4 is 25.7 Å². The van der Waals surface area contributed by atoms with Crippen LogP contribution in [-0.4, -0.2) is 21.0 Å². The molecule has 0 amide bonds. The van der Waals surface area contributed by atoms with Gasteiger partial charge in [0.15, 0.2) is 0 Å². The van der Waals surface area contributed by atoms with Crippen LogP contribution in [0.4, 0.5) is 0 Å². The fourth-order valence-electron chi connectivity index (χ4n) is 2.34. The molecule has 0 saturated carbocycles. The molecular formula is C13H15ClO4S. The van der Waals surface area contributed by atoms with E-state index in [-0.39, 0.29) is 16.8 Å². The Bertz CT molecular complexity index is 595. The maximum atomic E-state index is 11.7. The minimum absolute atomic E-state index is 0.113. The first kappa shape index (κ1) is 14.3. The number of fused-ring (bicyclic) bond motifs is 1. The summed E-state index contributed by atoms with van der Waals surface area (Å²) in [6.45, 7) is 2.16. The summed E-state index contributed by atoms with van der Waals surface area (Å²) in [4.78, 5) is 11.8. The highest BCUT2D eigenvalue weighted by atomic mass is 35.7. The molecule has 1 aromatic carbocycles. The van der Waals surface area contributed by atoms with E-state index < -0.39 is 9.05 Å². The van der Waals surface area contributed by atoms with Crippen molar-refractivity contribution in [3.63, 3.8) is 0 Å². The fourth-order valence-corrected chi connectivity index (χ4v) is 3.15. The second-order valence-electron chi connectivity index (χ2n) is 4.56. The Morgan fingerprint density at radius 2 is 2.16 bits per heavy atom. The van der Waals surface area contributed by atoms with Gasteiger partial charge in [-0.05, 0) is 49.4 Å². The molecule has 104 valence electrons. The Kier molecular flexibility index (Phi) is 4.16. The van der Waals surface area contributed by atoms with Crippen LogP contribution in [0.1, 0.15) is 24.5 Å². The molecule has 0 N–H and O–H groups in total. The smallest absolute Gasteiger partial charge is 0.309 e. The van der Waals surface area contributed by atoms with Crippen LogP contribution in [0.15, 0.2) is 23.1 Å². The molecule has 0 bridgehead atoms. The third-order valence-corrected chi connectivity index (χ3v) is 4.66. The highest BCUT2D eigenvalue weighted by Crippen LogP contribution is 2.29. The van der Waals surface area contributed by atoms with Crippen LogP contribution >= 0.6 is 10.7 Å². The Morgan fingerprint density at radius 3 is 2.79 bits per heavy atom. The molecule has 0 radical (unpaired) electrons. The lowest BCUT2D eigenvalue weighted by Crippen LogP contribution is -2.24. The van der Waals surface area contributed by atoms with Crippen molar-refractivity contribution in [3.8, 4) is 0 Å². The molecular weight excluding hydrogens is 288 g/mol. The summed E-state index contributed by atoms with van der Waals surface area (Å²) in [5.41, 5.74) is 1.94. The lowest BCUT2D eigenvalue weighted by Gasteiger charge is -2.23. The number of halogens is 1. The largest absolute Gasteiger partial charge is 0.466 e. The van der Waals surface area contributed by atoms with Crippen molar-refractivity contribution in [3.05, 3.63) is 29.3 Å². The zero-order valence-corrected chi connectivity index (χ0v) is 12.1. The van der Waals surface area contributed by atoms with Gasteiger partial charge in [-0.1, -0.05) is 6.07 Å². The van der Waals surface area contributed by atoms with Gasteiger partial charge in [0, 0.05) is 10.7 Å². The monoisotopic (exact) mass is 302 g/mol. The van der Waals surface area contributed by atoms with E-state index in [0.29, 0.717) is 25.9 Å². The molecule has 0 aliphatic heterocycles. The van der Waals surface area contributed by atoms with E-state index in [9.17, 15) is 13.2 Å². The minimum atomic E-state index is -3.69. The summed E-state index contributed by atoms with van der Waals surface area (Å²) in [6.07, 6.45) is 1.94. The Hall–Kier alpha value is -1.07. The lowest BCUT2D eigenvalue weighted by atomic mass is 9.84. The zero-order chi connectivity index (χ0) is 14.0. The molecule has 6 heteroatoms. The van der Waals surface area contributed by atoms with E-state index in [1.54, 1.807) is 19.1 Å². The van der Waals surface area contributed by atoms with Crippen molar-refractivity contribution in [1.82, 2.24) is 0 Å². The van der Waals surface area contributed by atoms with Gasteiger partial charge in [-0.2, -0.15) is 0 Å². The van der Waals surface area contributed by atoms with Gasteiger partial charge in [-0.25, -0.2) is 8.42 Å². The number of hydrogen-bond donors (Lipinski definition) is 0. The van der Waals surface area contributed by atoms with Crippen molar-refractivity contribution in [2.24, 2.45) is 5.92 Å². The van der Waals surface area contributed by atoms with Crippen LogP contribution in [0.5, 0.6) is 0 Å². The summed E-state index contributed by atoms with van der Waals surface area (Å²) in [5.74, 6) is -0.312. The third-order valence-electron chi connectivity index (χ3n) is 3.31. The number of carbonyl (C=O) groups excluding carboxylic acids is 1. The van der Waals surface area contributed by atoms with Gasteiger partial charge in [0.05, 0.1) is 17.4 Å². The van der Waals surface area contributed by atoms with E-state index >= 15 is 0 Å². The molecule has 1 atom stereocenters. The topological polar surface area (TPSA) is 60.4 Å². The van der Waals surface area contributed by atoms with E-state index in [4.69, 9.17) is 15.4 Å². The second-order valence-corrected chi connectivity index (χ2v) is 7.13. The fraction of sp³-hybridized carbons (Fsp3) is 0.462. The maximum Gasteiger partial charge on any atom is 0.309 e. The molecule has 1 unspecified atom stereocenters. The zero-order valence-electron chi connectivity index (χ0n) is 10.6. The van der Waals surface area contributed by atoms with Gasteiger partial charge in [-0.3, -0.25) is 4.79 Å². The number of rotatable bonds is 3. The van der Waals surface area contributed by atoms with Gasteiger partial charge < -0.3 is 4.74 Å². The first-order valence-corrected chi connectivity index (χ1v) is 8.46. The van der Waals surface area contributed by atoms with Crippen LogP contribution in [0, 0.1) is 5.92 Å². The van der Waals surface area contributed by atoms with Gasteiger partial charge >= 0.3 is 5.97 Å². The molecule has 19 heavy (non-hydrogen) atoms. The normalized spacial score (nSPS) is 18.7. The molecule has 0 saturated heterocycles. The molecule has 1 aliphatic carbocycles. The summed E-state index contributed by atoms with van der Waals surface area (Å²) in [7, 11) is 1.63. The maximum absolute atomic E-state index is 11.7. The summed E-state index contributed by atoms with van der Waals surface area (Å²) in [5, 5.41) is 0. The average molecular weight is 303 g/mol. The standard InChI is InChI=1S/C13H15ClO4S/c1-2-18-13(15)11-4-3-10-8-12(19(14,16)17)6-5-9(10)7-11/h5-6,8,11H,2-4,7H2,1H3. The number of aryl methyl sites for hydroxylation is 1.